The zero-order valence-corrected chi connectivity index (χ0v) is 63.9. The van der Waals surface area contributed by atoms with Crippen molar-refractivity contribution in [1.29, 1.82) is 0 Å². The summed E-state index contributed by atoms with van der Waals surface area (Å²) in [7, 11) is 1.93. The zero-order valence-electron chi connectivity index (χ0n) is 62.2. The highest BCUT2D eigenvalue weighted by Gasteiger charge is 2.41. The molecule has 0 aromatic heterocycles. The highest BCUT2D eigenvalue weighted by Crippen LogP contribution is 2.25. The minimum absolute atomic E-state index is 0.00538. The summed E-state index contributed by atoms with van der Waals surface area (Å²) in [6, 6.07) is -0.171. The summed E-state index contributed by atoms with van der Waals surface area (Å²) in [5.41, 5.74) is 52.8. The molecule has 1 unspecified atom stereocenters. The molecule has 4 rings (SSSR count). The van der Waals surface area contributed by atoms with Gasteiger partial charge in [-0.25, -0.2) is 0 Å². The predicted octanol–water partition coefficient (Wildman–Crippen LogP) is -5.65. The van der Waals surface area contributed by atoms with Crippen LogP contribution in [0, 0.1) is 11.8 Å². The maximum atomic E-state index is 15.1. The number of phenolic OH excluding ortho intramolecular Hbond substituents is 1. The number of aliphatic imine (C=N–C) groups is 3. The van der Waals surface area contributed by atoms with Gasteiger partial charge in [-0.15, -0.1) is 0 Å². The van der Waals surface area contributed by atoms with E-state index < -0.39 is 156 Å². The number of aromatic hydroxyl groups is 1. The van der Waals surface area contributed by atoms with Crippen molar-refractivity contribution in [2.45, 2.75) is 190 Å². The van der Waals surface area contributed by atoms with E-state index in [-0.39, 0.29) is 157 Å². The van der Waals surface area contributed by atoms with Gasteiger partial charge in [-0.3, -0.25) is 77.3 Å². The lowest BCUT2D eigenvalue weighted by Crippen LogP contribution is -2.61. The maximum absolute atomic E-state index is 15.1. The molecule has 40 heteroatoms. The SMILES string of the molecule is CC(C)C[C@@H]1NC(=O)[C@H](CCCCN)NC(=O)[C@@H]2CCCN2C(=O)[C@H](CCCN=C(N)N)NC(=O)[C@H](NC(=O)[C@H](CCCN=C(N)N)NC(=O)[C@H](CCCN=C(N)N)NC(=O)[C@H](CC(C)C)NC(=O)[C@H](Cc2ccccc2)NC(=O)CNC(=O)CNC(=O)[C@@H](N)Cc2ccc(O)cc2)CSSCC(C(N)=O)NC1=O. The van der Waals surface area contributed by atoms with Gasteiger partial charge in [0.2, 0.25) is 76.8 Å². The van der Waals surface area contributed by atoms with Crippen LogP contribution in [0.2, 0.25) is 0 Å². The Morgan fingerprint density at radius 2 is 1.08 bits per heavy atom. The second-order valence-electron chi connectivity index (χ2n) is 27.3. The highest BCUT2D eigenvalue weighted by atomic mass is 33.1. The number of hydrogen-bond acceptors (Lipinski definition) is 21. The van der Waals surface area contributed by atoms with Gasteiger partial charge in [-0.1, -0.05) is 91.7 Å². The van der Waals surface area contributed by atoms with Crippen LogP contribution in [0.15, 0.2) is 69.6 Å². The molecule has 30 N–H and O–H groups in total. The zero-order chi connectivity index (χ0) is 80.7. The molecule has 2 aliphatic rings. The van der Waals surface area contributed by atoms with Crippen molar-refractivity contribution in [3.63, 3.8) is 0 Å². The Labute approximate surface area is 641 Å². The third-order valence-corrected chi connectivity index (χ3v) is 19.6. The van der Waals surface area contributed by atoms with Crippen molar-refractivity contribution in [3.05, 3.63) is 65.7 Å². The van der Waals surface area contributed by atoms with Crippen molar-refractivity contribution in [2.24, 2.45) is 78.4 Å². The van der Waals surface area contributed by atoms with E-state index in [1.54, 1.807) is 56.3 Å². The lowest BCUT2D eigenvalue weighted by Gasteiger charge is -2.31. The molecule has 0 aliphatic carbocycles. The fraction of sp³-hybridized carbons (Fsp3) is 0.594. The Bertz CT molecular complexity index is 3450. The molecule has 2 saturated heterocycles. The topological polar surface area (TPSA) is 649 Å². The van der Waals surface area contributed by atoms with E-state index in [4.69, 9.17) is 51.6 Å². The van der Waals surface area contributed by atoms with Crippen LogP contribution in [0.5, 0.6) is 5.75 Å². The van der Waals surface area contributed by atoms with Crippen LogP contribution >= 0.6 is 21.6 Å². The highest BCUT2D eigenvalue weighted by molar-refractivity contribution is 8.76. The minimum atomic E-state index is -1.58. The number of nitrogens with two attached hydrogens (primary N) is 9. The van der Waals surface area contributed by atoms with Crippen molar-refractivity contribution in [3.8, 4) is 5.75 Å². The molecule has 2 fully saturated rings. The molecule has 109 heavy (non-hydrogen) atoms. The fourth-order valence-electron chi connectivity index (χ4n) is 11.6. The third-order valence-electron chi connectivity index (χ3n) is 17.2. The molecule has 0 bridgehead atoms. The van der Waals surface area contributed by atoms with Crippen LogP contribution < -0.4 is 110 Å². The van der Waals surface area contributed by atoms with Crippen LogP contribution in [0.1, 0.15) is 122 Å². The van der Waals surface area contributed by atoms with Gasteiger partial charge in [-0.2, -0.15) is 0 Å². The van der Waals surface area contributed by atoms with E-state index in [1.807, 2.05) is 13.8 Å². The van der Waals surface area contributed by atoms with E-state index in [9.17, 15) is 57.8 Å². The standard InChI is InChI=1S/C69H112N24O14S2/c1-38(2)30-48(90-63(104)50(33-40-14-6-5-7-15-40)84-55(96)35-82-54(95)34-83-57(98)43(71)32-41-21-23-42(94)24-22-41)61(102)86-45(17-10-26-79-67(73)74)58(99)85-46(18-11-27-80-68(75)76)60(101)92-52-37-109-108-36-51(56(72)97)91-62(103)49(31-39(3)4)89-59(100)44(16-8-9-25-70)87-65(106)53-20-13-29-93(53)66(107)47(88-64(52)105)19-12-28-81-69(77)78/h5-7,14-15,21-24,38-39,43-53,94H,8-13,16-20,25-37,70-71H2,1-4H3,(H2,72,97)(H,82,95)(H,83,98)(H,84,96)(H,85,99)(H,86,102)(H,87,106)(H,88,105)(H,89,100)(H,90,104)(H,91,103)(H,92,101)(H4,73,74,79)(H4,75,76,80)(H4,77,78,81)/t43-,44-,45-,46-,47-,48-,49-,50-,51?,52+,53-/m0/s1. The minimum Gasteiger partial charge on any atom is -0.508 e. The van der Waals surface area contributed by atoms with Gasteiger partial charge < -0.3 is 120 Å². The first-order chi connectivity index (χ1) is 51.7. The molecule has 13 amide bonds. The molecule has 604 valence electrons. The summed E-state index contributed by atoms with van der Waals surface area (Å²) in [5.74, 6) is -12.4. The molecule has 38 nitrogen and oxygen atoms in total. The number of fused-ring (bicyclic) bond motifs is 1. The quantitative estimate of drug-likeness (QED) is 0.0128. The molecule has 0 spiro atoms. The Morgan fingerprint density at radius 3 is 1.68 bits per heavy atom. The molecule has 0 saturated carbocycles. The number of carbonyl (C=O) groups excluding carboxylic acids is 13. The number of nitrogens with zero attached hydrogens (tertiary/aromatic N) is 4. The summed E-state index contributed by atoms with van der Waals surface area (Å²) in [6.07, 6.45) is 1.26. The van der Waals surface area contributed by atoms with Gasteiger partial charge in [0, 0.05) is 44.1 Å². The van der Waals surface area contributed by atoms with Crippen LogP contribution in [-0.4, -0.2) is 228 Å². The molecule has 2 aromatic rings. The van der Waals surface area contributed by atoms with Crippen molar-refractivity contribution in [1.82, 2.24) is 63.4 Å². The van der Waals surface area contributed by atoms with Crippen LogP contribution in [0.4, 0.5) is 0 Å². The van der Waals surface area contributed by atoms with Crippen LogP contribution in [-0.2, 0) is 75.2 Å². The van der Waals surface area contributed by atoms with Crippen molar-refractivity contribution >= 4 is 116 Å². The molecule has 0 radical (unpaired) electrons. The smallest absolute Gasteiger partial charge is 0.245 e. The summed E-state index contributed by atoms with van der Waals surface area (Å²) < 4.78 is 0. The first kappa shape index (κ1) is 91.2. The molecule has 2 aromatic carbocycles. The van der Waals surface area contributed by atoms with Gasteiger partial charge in [0.25, 0.3) is 0 Å². The average Bonchev–Trinajstić information content (AvgIpc) is 1.72. The molecular formula is C69H112N24O14S2. The largest absolute Gasteiger partial charge is 0.508 e. The average molecular weight is 1570 g/mol. The Kier molecular flexibility index (Phi) is 40.4. The summed E-state index contributed by atoms with van der Waals surface area (Å²) in [6.45, 7) is 6.20. The van der Waals surface area contributed by atoms with E-state index >= 15 is 9.59 Å². The van der Waals surface area contributed by atoms with E-state index in [0.29, 0.717) is 30.4 Å². The number of unbranched alkanes of at least 4 members (excludes halogenated alkanes) is 1. The van der Waals surface area contributed by atoms with E-state index in [1.165, 1.54) is 17.0 Å². The van der Waals surface area contributed by atoms with Crippen LogP contribution in [0.25, 0.3) is 0 Å². The number of benzene rings is 2. The normalized spacial score (nSPS) is 19.4. The Morgan fingerprint density at radius 1 is 0.550 bits per heavy atom. The second kappa shape index (κ2) is 48.2. The number of guanidine groups is 3. The first-order valence-corrected chi connectivity index (χ1v) is 38.8. The van der Waals surface area contributed by atoms with E-state index in [0.717, 1.165) is 21.6 Å². The van der Waals surface area contributed by atoms with Gasteiger partial charge in [0.15, 0.2) is 17.9 Å². The maximum Gasteiger partial charge on any atom is 0.245 e. The number of amides is 13. The number of hydrogen-bond donors (Lipinski definition) is 21. The van der Waals surface area contributed by atoms with Crippen molar-refractivity contribution < 1.29 is 67.4 Å². The second-order valence-corrected chi connectivity index (χ2v) is 29.9. The van der Waals surface area contributed by atoms with Gasteiger partial charge in [0.05, 0.1) is 19.1 Å². The number of rotatable bonds is 39. The number of phenols is 1. The van der Waals surface area contributed by atoms with E-state index in [2.05, 4.69) is 73.5 Å². The summed E-state index contributed by atoms with van der Waals surface area (Å²) >= 11 is 0. The molecule has 2 heterocycles. The number of nitrogens with one attached hydrogen (secondary N) is 11. The van der Waals surface area contributed by atoms with Crippen molar-refractivity contribution in [2.75, 3.05) is 57.3 Å². The lowest BCUT2D eigenvalue weighted by atomic mass is 10.00. The summed E-state index contributed by atoms with van der Waals surface area (Å²) in [4.78, 5) is 198. The predicted molar refractivity (Wildman–Crippen MR) is 414 cm³/mol. The monoisotopic (exact) mass is 1560 g/mol. The molecular weight excluding hydrogens is 1450 g/mol. The lowest BCUT2D eigenvalue weighted by molar-refractivity contribution is -0.142. The Hall–Kier alpha value is -10.2. The molecule has 11 atom stereocenters. The fourth-order valence-corrected chi connectivity index (χ4v) is 13.9. The van der Waals surface area contributed by atoms with Crippen LogP contribution in [0.3, 0.4) is 0 Å². The number of primary amides is 1. The van der Waals surface area contributed by atoms with Gasteiger partial charge in [-0.05, 0) is 132 Å². The first-order valence-electron chi connectivity index (χ1n) is 36.3. The third kappa shape index (κ3) is 34.7. The van der Waals surface area contributed by atoms with Gasteiger partial charge >= 0.3 is 0 Å². The number of carbonyl (C=O) groups is 13. The van der Waals surface area contributed by atoms with Gasteiger partial charge in [0.1, 0.15) is 66.2 Å². The molecule has 2 aliphatic heterocycles. The Balaban J connectivity index is 1.70. The summed E-state index contributed by atoms with van der Waals surface area (Å²) in [5, 5.41) is 38.8.